The summed E-state index contributed by atoms with van der Waals surface area (Å²) in [6.45, 7) is 0.534. The van der Waals surface area contributed by atoms with Gasteiger partial charge in [-0.3, -0.25) is 0 Å². The molecule has 21 heavy (non-hydrogen) atoms. The molecule has 4 heteroatoms. The average molecular weight is 300 g/mol. The van der Waals surface area contributed by atoms with Crippen molar-refractivity contribution in [3.63, 3.8) is 0 Å². The Kier molecular flexibility index (Phi) is 4.46. The fourth-order valence-corrected chi connectivity index (χ4v) is 3.65. The first-order valence-electron chi connectivity index (χ1n) is 7.34. The lowest BCUT2D eigenvalue weighted by Gasteiger charge is -2.18. The van der Waals surface area contributed by atoms with Crippen LogP contribution in [0.5, 0.6) is 5.75 Å². The molecule has 1 aliphatic carbocycles. The summed E-state index contributed by atoms with van der Waals surface area (Å²) >= 11 is 1.67. The van der Waals surface area contributed by atoms with Crippen LogP contribution in [0, 0.1) is 0 Å². The van der Waals surface area contributed by atoms with E-state index in [9.17, 15) is 0 Å². The topological polar surface area (TPSA) is 48.1 Å². The van der Waals surface area contributed by atoms with Gasteiger partial charge in [0, 0.05) is 17.1 Å². The number of methoxy groups -OCH3 is 1. The molecule has 1 aromatic carbocycles. The Morgan fingerprint density at radius 2 is 2.10 bits per heavy atom. The lowest BCUT2D eigenvalue weighted by atomic mass is 9.95. The van der Waals surface area contributed by atoms with Crippen molar-refractivity contribution in [2.24, 2.45) is 5.73 Å². The van der Waals surface area contributed by atoms with E-state index in [1.165, 1.54) is 24.1 Å². The van der Waals surface area contributed by atoms with E-state index in [1.807, 2.05) is 18.2 Å². The maximum atomic E-state index is 5.92. The summed E-state index contributed by atoms with van der Waals surface area (Å²) in [4.78, 5) is 6.01. The Balaban J connectivity index is 1.93. The van der Waals surface area contributed by atoms with Crippen molar-refractivity contribution >= 4 is 11.8 Å². The van der Waals surface area contributed by atoms with Crippen molar-refractivity contribution in [3.8, 4) is 5.75 Å². The first kappa shape index (κ1) is 14.4. The quantitative estimate of drug-likeness (QED) is 0.937. The maximum absolute atomic E-state index is 5.92. The van der Waals surface area contributed by atoms with E-state index in [0.29, 0.717) is 6.54 Å². The van der Waals surface area contributed by atoms with Gasteiger partial charge in [-0.1, -0.05) is 23.9 Å². The maximum Gasteiger partial charge on any atom is 0.119 e. The zero-order chi connectivity index (χ0) is 14.7. The molecule has 2 aromatic rings. The highest BCUT2D eigenvalue weighted by molar-refractivity contribution is 7.99. The van der Waals surface area contributed by atoms with Gasteiger partial charge in [0.2, 0.25) is 0 Å². The van der Waals surface area contributed by atoms with E-state index in [0.717, 1.165) is 34.1 Å². The number of pyridine rings is 1. The molecule has 0 saturated heterocycles. The number of nitrogens with zero attached hydrogens (tertiary/aromatic N) is 1. The van der Waals surface area contributed by atoms with Gasteiger partial charge in [-0.2, -0.15) is 0 Å². The molecular weight excluding hydrogens is 280 g/mol. The van der Waals surface area contributed by atoms with E-state index >= 15 is 0 Å². The second kappa shape index (κ2) is 6.50. The number of aromatic nitrogens is 1. The van der Waals surface area contributed by atoms with E-state index in [4.69, 9.17) is 15.5 Å². The number of ether oxygens (including phenoxy) is 1. The first-order valence-corrected chi connectivity index (χ1v) is 8.15. The second-order valence-corrected chi connectivity index (χ2v) is 6.31. The zero-order valence-electron chi connectivity index (χ0n) is 12.3. The first-order chi connectivity index (χ1) is 10.3. The van der Waals surface area contributed by atoms with Gasteiger partial charge in [0.05, 0.1) is 7.11 Å². The highest BCUT2D eigenvalue weighted by Crippen LogP contribution is 2.33. The van der Waals surface area contributed by atoms with Crippen LogP contribution in [0.25, 0.3) is 0 Å². The van der Waals surface area contributed by atoms with Gasteiger partial charge in [0.1, 0.15) is 10.8 Å². The molecule has 0 atom stereocenters. The number of hydrogen-bond donors (Lipinski definition) is 1. The van der Waals surface area contributed by atoms with Crippen LogP contribution in [0.15, 0.2) is 40.3 Å². The standard InChI is InChI=1S/C17H20N2OS/c1-20-14-6-4-7-15(10-14)21-17-13(11-18)9-12-5-2-3-8-16(12)19-17/h4,6-7,9-10H,2-3,5,8,11,18H2,1H3. The normalized spacial score (nSPS) is 13.8. The minimum atomic E-state index is 0.534. The Morgan fingerprint density at radius 3 is 2.90 bits per heavy atom. The third kappa shape index (κ3) is 3.22. The van der Waals surface area contributed by atoms with Crippen LogP contribution in [0.2, 0.25) is 0 Å². The summed E-state index contributed by atoms with van der Waals surface area (Å²) in [6.07, 6.45) is 4.73. The lowest BCUT2D eigenvalue weighted by Crippen LogP contribution is -2.10. The molecule has 1 heterocycles. The monoisotopic (exact) mass is 300 g/mol. The Morgan fingerprint density at radius 1 is 1.24 bits per heavy atom. The van der Waals surface area contributed by atoms with Crippen LogP contribution in [0.1, 0.15) is 29.7 Å². The average Bonchev–Trinajstić information content (AvgIpc) is 2.54. The number of benzene rings is 1. The molecule has 0 spiro atoms. The largest absolute Gasteiger partial charge is 0.497 e. The third-order valence-electron chi connectivity index (χ3n) is 3.82. The number of nitrogens with two attached hydrogens (primary N) is 1. The number of hydrogen-bond acceptors (Lipinski definition) is 4. The SMILES string of the molecule is COc1cccc(Sc2nc3c(cc2CN)CCCC3)c1. The smallest absolute Gasteiger partial charge is 0.119 e. The molecule has 0 fully saturated rings. The van der Waals surface area contributed by atoms with Crippen molar-refractivity contribution in [3.05, 3.63) is 47.2 Å². The summed E-state index contributed by atoms with van der Waals surface area (Å²) in [5, 5.41) is 1.03. The second-order valence-electron chi connectivity index (χ2n) is 5.25. The predicted molar refractivity (Wildman–Crippen MR) is 85.9 cm³/mol. The molecule has 0 unspecified atom stereocenters. The summed E-state index contributed by atoms with van der Waals surface area (Å²) in [6, 6.07) is 10.3. The van der Waals surface area contributed by atoms with Gasteiger partial charge in [-0.25, -0.2) is 4.98 Å². The molecule has 0 bridgehead atoms. The molecule has 0 amide bonds. The van der Waals surface area contributed by atoms with E-state index in [2.05, 4.69) is 12.1 Å². The van der Waals surface area contributed by atoms with E-state index < -0.39 is 0 Å². The highest BCUT2D eigenvalue weighted by atomic mass is 32.2. The molecule has 3 nitrogen and oxygen atoms in total. The molecule has 1 aromatic heterocycles. The molecule has 110 valence electrons. The molecule has 3 rings (SSSR count). The van der Waals surface area contributed by atoms with Gasteiger partial charge in [-0.15, -0.1) is 0 Å². The van der Waals surface area contributed by atoms with Crippen molar-refractivity contribution in [1.29, 1.82) is 0 Å². The third-order valence-corrected chi connectivity index (χ3v) is 4.85. The molecule has 2 N–H and O–H groups in total. The Labute approximate surface area is 129 Å². The molecular formula is C17H20N2OS. The van der Waals surface area contributed by atoms with Crippen LogP contribution >= 0.6 is 11.8 Å². The van der Waals surface area contributed by atoms with Crippen molar-refractivity contribution in [2.45, 2.75) is 42.1 Å². The van der Waals surface area contributed by atoms with Crippen LogP contribution in [-0.2, 0) is 19.4 Å². The van der Waals surface area contributed by atoms with Gasteiger partial charge in [-0.05, 0) is 55.0 Å². The van der Waals surface area contributed by atoms with E-state index in [1.54, 1.807) is 18.9 Å². The van der Waals surface area contributed by atoms with Crippen molar-refractivity contribution in [1.82, 2.24) is 4.98 Å². The minimum Gasteiger partial charge on any atom is -0.497 e. The molecule has 0 saturated carbocycles. The lowest BCUT2D eigenvalue weighted by molar-refractivity contribution is 0.413. The summed E-state index contributed by atoms with van der Waals surface area (Å²) in [5.41, 5.74) is 9.70. The summed E-state index contributed by atoms with van der Waals surface area (Å²) < 4.78 is 5.28. The Bertz CT molecular complexity index is 643. The van der Waals surface area contributed by atoms with Gasteiger partial charge >= 0.3 is 0 Å². The fourth-order valence-electron chi connectivity index (χ4n) is 2.67. The van der Waals surface area contributed by atoms with Crippen LogP contribution in [0.4, 0.5) is 0 Å². The molecule has 0 aliphatic heterocycles. The predicted octanol–water partition coefficient (Wildman–Crippen LogP) is 3.58. The van der Waals surface area contributed by atoms with Crippen LogP contribution in [-0.4, -0.2) is 12.1 Å². The number of rotatable bonds is 4. The fraction of sp³-hybridized carbons (Fsp3) is 0.353. The Hall–Kier alpha value is -1.52. The zero-order valence-corrected chi connectivity index (χ0v) is 13.1. The van der Waals surface area contributed by atoms with Gasteiger partial charge in [0.25, 0.3) is 0 Å². The molecule has 0 radical (unpaired) electrons. The highest BCUT2D eigenvalue weighted by Gasteiger charge is 2.15. The number of fused-ring (bicyclic) bond motifs is 1. The van der Waals surface area contributed by atoms with Crippen molar-refractivity contribution < 1.29 is 4.74 Å². The van der Waals surface area contributed by atoms with E-state index in [-0.39, 0.29) is 0 Å². The van der Waals surface area contributed by atoms with Crippen LogP contribution < -0.4 is 10.5 Å². The number of aryl methyl sites for hydroxylation is 2. The van der Waals surface area contributed by atoms with Crippen LogP contribution in [0.3, 0.4) is 0 Å². The minimum absolute atomic E-state index is 0.534. The van der Waals surface area contributed by atoms with Gasteiger partial charge < -0.3 is 10.5 Å². The summed E-state index contributed by atoms with van der Waals surface area (Å²) in [5.74, 6) is 0.868. The summed E-state index contributed by atoms with van der Waals surface area (Å²) in [7, 11) is 1.69. The van der Waals surface area contributed by atoms with Crippen molar-refractivity contribution in [2.75, 3.05) is 7.11 Å². The van der Waals surface area contributed by atoms with Gasteiger partial charge in [0.15, 0.2) is 0 Å². The molecule has 1 aliphatic rings.